The van der Waals surface area contributed by atoms with Crippen molar-refractivity contribution in [3.63, 3.8) is 0 Å². The molecule has 0 amide bonds. The van der Waals surface area contributed by atoms with E-state index >= 15 is 0 Å². The molecule has 0 saturated heterocycles. The maximum Gasteiger partial charge on any atom is 0.147 e. The first-order chi connectivity index (χ1) is 7.88. The Morgan fingerprint density at radius 3 is 2.53 bits per heavy atom. The molecule has 0 spiro atoms. The van der Waals surface area contributed by atoms with Crippen molar-refractivity contribution in [3.8, 4) is 0 Å². The van der Waals surface area contributed by atoms with Crippen LogP contribution in [0.4, 0.5) is 5.69 Å². The maximum absolute atomic E-state index is 11.0. The van der Waals surface area contributed by atoms with E-state index in [1.165, 1.54) is 6.26 Å². The van der Waals surface area contributed by atoms with Crippen LogP contribution in [0.2, 0.25) is 0 Å². The van der Waals surface area contributed by atoms with Crippen LogP contribution in [0.15, 0.2) is 24.3 Å². The topological polar surface area (TPSA) is 63.4 Å². The number of sulfone groups is 1. The third-order valence-electron chi connectivity index (χ3n) is 2.55. The molecule has 0 aliphatic heterocycles. The Morgan fingerprint density at radius 1 is 1.29 bits per heavy atom. The van der Waals surface area contributed by atoms with Gasteiger partial charge in [-0.25, -0.2) is 8.42 Å². The first kappa shape index (κ1) is 14.0. The number of rotatable bonds is 6. The summed E-state index contributed by atoms with van der Waals surface area (Å²) in [6.07, 6.45) is 1.92. The number of anilines is 1. The predicted molar refractivity (Wildman–Crippen MR) is 71.5 cm³/mol. The number of para-hydroxylation sites is 1. The first-order valence-electron chi connectivity index (χ1n) is 5.58. The van der Waals surface area contributed by atoms with E-state index in [2.05, 4.69) is 4.90 Å². The van der Waals surface area contributed by atoms with E-state index in [0.29, 0.717) is 6.42 Å². The first-order valence-corrected chi connectivity index (χ1v) is 7.64. The Labute approximate surface area is 103 Å². The van der Waals surface area contributed by atoms with E-state index in [1.54, 1.807) is 0 Å². The molecule has 0 radical (unpaired) electrons. The Hall–Kier alpha value is -1.07. The van der Waals surface area contributed by atoms with Crippen LogP contribution in [-0.2, 0) is 16.4 Å². The van der Waals surface area contributed by atoms with Crippen molar-refractivity contribution in [2.45, 2.75) is 13.0 Å². The molecule has 0 saturated carbocycles. The lowest BCUT2D eigenvalue weighted by Crippen LogP contribution is -2.21. The molecule has 0 aromatic heterocycles. The van der Waals surface area contributed by atoms with Gasteiger partial charge < -0.3 is 10.6 Å². The molecule has 5 heteroatoms. The summed E-state index contributed by atoms with van der Waals surface area (Å²) in [7, 11) is -0.885. The molecule has 0 atom stereocenters. The number of hydrogen-bond donors (Lipinski definition) is 1. The van der Waals surface area contributed by atoms with E-state index < -0.39 is 9.84 Å². The van der Waals surface area contributed by atoms with Gasteiger partial charge in [0.2, 0.25) is 0 Å². The van der Waals surface area contributed by atoms with Crippen LogP contribution in [0, 0.1) is 0 Å². The average molecular weight is 256 g/mol. The summed E-state index contributed by atoms with van der Waals surface area (Å²) >= 11 is 0. The molecule has 0 bridgehead atoms. The Balaban J connectivity index is 2.40. The highest BCUT2D eigenvalue weighted by Crippen LogP contribution is 2.12. The summed E-state index contributed by atoms with van der Waals surface area (Å²) < 4.78 is 22.0. The molecule has 0 heterocycles. The summed E-state index contributed by atoms with van der Waals surface area (Å²) in [5.74, 6) is 0.238. The van der Waals surface area contributed by atoms with Gasteiger partial charge in [0.25, 0.3) is 0 Å². The number of nitrogens with zero attached hydrogens (tertiary/aromatic N) is 1. The third-order valence-corrected chi connectivity index (χ3v) is 3.58. The average Bonchev–Trinajstić information content (AvgIpc) is 2.19. The van der Waals surface area contributed by atoms with E-state index in [1.807, 2.05) is 31.3 Å². The minimum Gasteiger partial charge on any atom is -0.398 e. The summed E-state index contributed by atoms with van der Waals surface area (Å²) in [5.41, 5.74) is 7.70. The predicted octanol–water partition coefficient (Wildman–Crippen LogP) is 1.14. The zero-order valence-electron chi connectivity index (χ0n) is 10.4. The molecule has 0 aliphatic carbocycles. The number of nitrogen functional groups attached to an aromatic ring is 1. The highest BCUT2D eigenvalue weighted by Gasteiger charge is 2.06. The lowest BCUT2D eigenvalue weighted by Gasteiger charge is -2.17. The van der Waals surface area contributed by atoms with Crippen LogP contribution in [-0.4, -0.2) is 38.9 Å². The van der Waals surface area contributed by atoms with Gasteiger partial charge in [-0.15, -0.1) is 0 Å². The number of hydrogen-bond acceptors (Lipinski definition) is 4. The second-order valence-corrected chi connectivity index (χ2v) is 6.68. The zero-order chi connectivity index (χ0) is 12.9. The molecule has 96 valence electrons. The fourth-order valence-corrected chi connectivity index (χ4v) is 2.30. The van der Waals surface area contributed by atoms with Crippen molar-refractivity contribution in [1.82, 2.24) is 4.90 Å². The number of benzene rings is 1. The molecule has 17 heavy (non-hydrogen) atoms. The largest absolute Gasteiger partial charge is 0.398 e. The van der Waals surface area contributed by atoms with Gasteiger partial charge in [0.05, 0.1) is 5.75 Å². The lowest BCUT2D eigenvalue weighted by atomic mass is 10.2. The minimum absolute atomic E-state index is 0.238. The minimum atomic E-state index is -2.85. The second kappa shape index (κ2) is 6.02. The van der Waals surface area contributed by atoms with Gasteiger partial charge in [-0.2, -0.15) is 0 Å². The van der Waals surface area contributed by atoms with E-state index in [9.17, 15) is 8.42 Å². The van der Waals surface area contributed by atoms with Crippen LogP contribution >= 0.6 is 0 Å². The normalized spacial score (nSPS) is 11.9. The Morgan fingerprint density at radius 2 is 1.94 bits per heavy atom. The molecule has 1 aromatic carbocycles. The SMILES string of the molecule is CN(CCCS(C)(=O)=O)Cc1ccccc1N. The molecule has 4 nitrogen and oxygen atoms in total. The van der Waals surface area contributed by atoms with E-state index in [-0.39, 0.29) is 5.75 Å². The van der Waals surface area contributed by atoms with Crippen LogP contribution in [0.25, 0.3) is 0 Å². The molecule has 0 fully saturated rings. The third kappa shape index (κ3) is 5.70. The molecule has 1 aromatic rings. The standard InChI is InChI=1S/C12H20N2O2S/c1-14(8-5-9-17(2,15)16)10-11-6-3-4-7-12(11)13/h3-4,6-7H,5,8-10,13H2,1-2H3. The van der Waals surface area contributed by atoms with E-state index in [0.717, 1.165) is 24.3 Å². The van der Waals surface area contributed by atoms with Crippen molar-refractivity contribution < 1.29 is 8.42 Å². The van der Waals surface area contributed by atoms with Crippen molar-refractivity contribution in [2.24, 2.45) is 0 Å². The van der Waals surface area contributed by atoms with Gasteiger partial charge in [-0.1, -0.05) is 18.2 Å². The Kier molecular flexibility index (Phi) is 4.96. The summed E-state index contributed by atoms with van der Waals surface area (Å²) in [6, 6.07) is 7.72. The van der Waals surface area contributed by atoms with Gasteiger partial charge in [-0.3, -0.25) is 0 Å². The maximum atomic E-state index is 11.0. The van der Waals surface area contributed by atoms with Gasteiger partial charge in [0.15, 0.2) is 0 Å². The molecule has 2 N–H and O–H groups in total. The molecular weight excluding hydrogens is 236 g/mol. The monoisotopic (exact) mass is 256 g/mol. The van der Waals surface area contributed by atoms with Crippen LogP contribution in [0.5, 0.6) is 0 Å². The van der Waals surface area contributed by atoms with Crippen molar-refractivity contribution in [3.05, 3.63) is 29.8 Å². The molecular formula is C12H20N2O2S. The fraction of sp³-hybridized carbons (Fsp3) is 0.500. The van der Waals surface area contributed by atoms with Gasteiger partial charge in [0.1, 0.15) is 9.84 Å². The van der Waals surface area contributed by atoms with Crippen LogP contribution in [0.1, 0.15) is 12.0 Å². The molecule has 0 unspecified atom stereocenters. The lowest BCUT2D eigenvalue weighted by molar-refractivity contribution is 0.328. The molecule has 1 rings (SSSR count). The zero-order valence-corrected chi connectivity index (χ0v) is 11.2. The van der Waals surface area contributed by atoms with E-state index in [4.69, 9.17) is 5.73 Å². The van der Waals surface area contributed by atoms with Crippen LogP contribution in [0.3, 0.4) is 0 Å². The van der Waals surface area contributed by atoms with Crippen molar-refractivity contribution in [2.75, 3.05) is 31.3 Å². The van der Waals surface area contributed by atoms with Crippen molar-refractivity contribution in [1.29, 1.82) is 0 Å². The van der Waals surface area contributed by atoms with Gasteiger partial charge in [0, 0.05) is 18.5 Å². The molecule has 0 aliphatic rings. The Bertz CT molecular complexity index is 457. The van der Waals surface area contributed by atoms with Gasteiger partial charge in [-0.05, 0) is 31.6 Å². The highest BCUT2D eigenvalue weighted by atomic mass is 32.2. The summed E-state index contributed by atoms with van der Waals surface area (Å²) in [6.45, 7) is 1.50. The number of nitrogens with two attached hydrogens (primary N) is 1. The smallest absolute Gasteiger partial charge is 0.147 e. The van der Waals surface area contributed by atoms with Gasteiger partial charge >= 0.3 is 0 Å². The summed E-state index contributed by atoms with van der Waals surface area (Å²) in [4.78, 5) is 2.08. The highest BCUT2D eigenvalue weighted by molar-refractivity contribution is 7.90. The summed E-state index contributed by atoms with van der Waals surface area (Å²) in [5, 5.41) is 0. The fourth-order valence-electron chi connectivity index (χ4n) is 1.64. The van der Waals surface area contributed by atoms with Crippen LogP contribution < -0.4 is 5.73 Å². The van der Waals surface area contributed by atoms with Crippen molar-refractivity contribution >= 4 is 15.5 Å². The quantitative estimate of drug-likeness (QED) is 0.775. The second-order valence-electron chi connectivity index (χ2n) is 4.42.